The minimum absolute atomic E-state index is 0.0418. The van der Waals surface area contributed by atoms with Crippen molar-refractivity contribution in [3.63, 3.8) is 0 Å². The fraction of sp³-hybridized carbons (Fsp3) is 0.375. The van der Waals surface area contributed by atoms with E-state index in [-0.39, 0.29) is 11.3 Å². The molecule has 0 saturated carbocycles. The van der Waals surface area contributed by atoms with Crippen LogP contribution in [0.25, 0.3) is 6.08 Å². The molecule has 0 aliphatic carbocycles. The van der Waals surface area contributed by atoms with Crippen molar-refractivity contribution in [2.24, 2.45) is 5.41 Å². The van der Waals surface area contributed by atoms with Gasteiger partial charge in [-0.3, -0.25) is 9.59 Å². The van der Waals surface area contributed by atoms with Crippen molar-refractivity contribution in [3.8, 4) is 0 Å². The van der Waals surface area contributed by atoms with Crippen LogP contribution in [-0.2, 0) is 38.0 Å². The molecule has 16 heteroatoms. The Labute approximate surface area is 271 Å². The highest BCUT2D eigenvalue weighted by Gasteiger charge is 2.71. The lowest BCUT2D eigenvalue weighted by Crippen LogP contribution is -2.50. The lowest BCUT2D eigenvalue weighted by atomic mass is 9.64. The van der Waals surface area contributed by atoms with Crippen LogP contribution >= 0.6 is 0 Å². The summed E-state index contributed by atoms with van der Waals surface area (Å²) in [7, 11) is 4.05. The number of Topliss-reactive ketones (excluding diaryl/α,β-unsaturated/α-hetero) is 2. The molecule has 4 rings (SSSR count). The van der Waals surface area contributed by atoms with Crippen LogP contribution in [0.5, 0.6) is 0 Å². The van der Waals surface area contributed by atoms with Crippen molar-refractivity contribution < 1.29 is 66.0 Å². The molecule has 1 saturated heterocycles. The SMILES string of the molecule is COC(=O)c1cc(C(=O)OC)c(=O)oc1C=CC1(C(C)=O)C(c2oc(=O)c(C(=O)OC)cc2C(=O)OC)C2OC1(C)OC(C)=C2C(C)=O. The third-order valence-electron chi connectivity index (χ3n) is 8.22. The number of fused-ring (bicyclic) bond motifs is 2. The third kappa shape index (κ3) is 5.42. The molecule has 2 bridgehead atoms. The topological polar surface area (TPSA) is 218 Å². The number of esters is 4. The van der Waals surface area contributed by atoms with Crippen LogP contribution in [0.15, 0.2) is 48.0 Å². The van der Waals surface area contributed by atoms with Gasteiger partial charge in [-0.15, -0.1) is 0 Å². The first-order valence-electron chi connectivity index (χ1n) is 14.0. The van der Waals surface area contributed by atoms with Crippen molar-refractivity contribution >= 4 is 41.5 Å². The number of hydrogen-bond donors (Lipinski definition) is 0. The summed E-state index contributed by atoms with van der Waals surface area (Å²) in [6, 6.07) is 1.74. The number of rotatable bonds is 9. The predicted molar refractivity (Wildman–Crippen MR) is 158 cm³/mol. The van der Waals surface area contributed by atoms with E-state index in [0.29, 0.717) is 0 Å². The van der Waals surface area contributed by atoms with E-state index in [1.54, 1.807) is 0 Å². The molecule has 4 unspecified atom stereocenters. The van der Waals surface area contributed by atoms with Crippen molar-refractivity contribution in [2.45, 2.75) is 45.5 Å². The zero-order chi connectivity index (χ0) is 35.9. The molecule has 4 atom stereocenters. The summed E-state index contributed by atoms with van der Waals surface area (Å²) in [5, 5.41) is 0. The largest absolute Gasteiger partial charge is 0.465 e. The molecule has 0 N–H and O–H groups in total. The molecule has 0 radical (unpaired) electrons. The summed E-state index contributed by atoms with van der Waals surface area (Å²) in [5.74, 6) is -10.3. The highest BCUT2D eigenvalue weighted by atomic mass is 16.7. The van der Waals surface area contributed by atoms with Crippen LogP contribution in [0.3, 0.4) is 0 Å². The van der Waals surface area contributed by atoms with Gasteiger partial charge in [-0.05, 0) is 39.0 Å². The predicted octanol–water partition coefficient (Wildman–Crippen LogP) is 2.12. The Morgan fingerprint density at radius 2 is 1.23 bits per heavy atom. The number of ketones is 2. The number of ether oxygens (including phenoxy) is 6. The van der Waals surface area contributed by atoms with Crippen molar-refractivity contribution in [3.05, 3.63) is 84.2 Å². The number of carbonyl (C=O) groups excluding carboxylic acids is 6. The molecule has 0 spiro atoms. The van der Waals surface area contributed by atoms with Gasteiger partial charge in [-0.25, -0.2) is 28.8 Å². The molecule has 48 heavy (non-hydrogen) atoms. The van der Waals surface area contributed by atoms with Gasteiger partial charge in [0.2, 0.25) is 5.79 Å². The minimum atomic E-state index is -2.16. The fourth-order valence-corrected chi connectivity index (χ4v) is 6.09. The lowest BCUT2D eigenvalue weighted by Gasteiger charge is -2.41. The quantitative estimate of drug-likeness (QED) is 0.275. The molecule has 254 valence electrons. The van der Waals surface area contributed by atoms with Crippen molar-refractivity contribution in [1.29, 1.82) is 0 Å². The molecule has 4 heterocycles. The van der Waals surface area contributed by atoms with E-state index in [9.17, 15) is 38.4 Å². The van der Waals surface area contributed by atoms with Gasteiger partial charge in [-0.1, -0.05) is 6.08 Å². The third-order valence-corrected chi connectivity index (χ3v) is 8.22. The zero-order valence-electron chi connectivity index (χ0n) is 27.0. The van der Waals surface area contributed by atoms with Crippen LogP contribution in [0, 0.1) is 5.41 Å². The first-order chi connectivity index (χ1) is 22.5. The molecule has 2 aromatic heterocycles. The first kappa shape index (κ1) is 35.2. The Bertz CT molecular complexity index is 1940. The summed E-state index contributed by atoms with van der Waals surface area (Å²) in [4.78, 5) is 103. The highest BCUT2D eigenvalue weighted by molar-refractivity contribution is 6.00. The summed E-state index contributed by atoms with van der Waals surface area (Å²) >= 11 is 0. The Balaban J connectivity index is 2.13. The lowest BCUT2D eigenvalue weighted by molar-refractivity contribution is -0.233. The van der Waals surface area contributed by atoms with Crippen LogP contribution in [0.1, 0.15) is 86.6 Å². The van der Waals surface area contributed by atoms with Crippen molar-refractivity contribution in [1.82, 2.24) is 0 Å². The molecule has 16 nitrogen and oxygen atoms in total. The van der Waals surface area contributed by atoms with E-state index in [0.717, 1.165) is 59.6 Å². The van der Waals surface area contributed by atoms with Gasteiger partial charge < -0.3 is 37.3 Å². The molecule has 2 aliphatic heterocycles. The average molecular weight is 671 g/mol. The summed E-state index contributed by atoms with van der Waals surface area (Å²) in [6.07, 6.45) is 0.747. The van der Waals surface area contributed by atoms with Gasteiger partial charge in [-0.2, -0.15) is 0 Å². The van der Waals surface area contributed by atoms with Crippen molar-refractivity contribution in [2.75, 3.05) is 28.4 Å². The van der Waals surface area contributed by atoms with E-state index in [1.807, 2.05) is 0 Å². The van der Waals surface area contributed by atoms with Crippen LogP contribution in [-0.4, -0.2) is 75.8 Å². The molecular formula is C32H30O16. The highest BCUT2D eigenvalue weighted by Crippen LogP contribution is 2.62. The maximum Gasteiger partial charge on any atom is 0.351 e. The zero-order valence-corrected chi connectivity index (χ0v) is 27.0. The Morgan fingerprint density at radius 3 is 1.73 bits per heavy atom. The number of allylic oxidation sites excluding steroid dienone is 1. The Morgan fingerprint density at radius 1 is 0.750 bits per heavy atom. The van der Waals surface area contributed by atoms with E-state index in [4.69, 9.17) is 27.8 Å². The number of carbonyl (C=O) groups is 6. The van der Waals surface area contributed by atoms with Gasteiger partial charge in [0.15, 0.2) is 5.78 Å². The maximum atomic E-state index is 14.0. The van der Waals surface area contributed by atoms with Gasteiger partial charge in [0.05, 0.1) is 45.5 Å². The van der Waals surface area contributed by atoms with Gasteiger partial charge in [0.1, 0.15) is 51.3 Å². The van der Waals surface area contributed by atoms with Gasteiger partial charge in [0, 0.05) is 6.92 Å². The van der Waals surface area contributed by atoms with Crippen LogP contribution in [0.2, 0.25) is 0 Å². The van der Waals surface area contributed by atoms with E-state index in [2.05, 4.69) is 9.47 Å². The van der Waals surface area contributed by atoms with Gasteiger partial charge in [0.25, 0.3) is 0 Å². The Kier molecular flexibility index (Phi) is 9.44. The first-order valence-corrected chi connectivity index (χ1v) is 14.0. The number of hydrogen-bond acceptors (Lipinski definition) is 16. The monoisotopic (exact) mass is 670 g/mol. The van der Waals surface area contributed by atoms with Gasteiger partial charge >= 0.3 is 35.1 Å². The average Bonchev–Trinajstić information content (AvgIpc) is 3.24. The molecule has 1 fully saturated rings. The van der Waals surface area contributed by atoms with Crippen LogP contribution < -0.4 is 11.3 Å². The molecule has 0 aromatic carbocycles. The smallest absolute Gasteiger partial charge is 0.351 e. The van der Waals surface area contributed by atoms with E-state index < -0.39 is 104 Å². The normalized spacial score (nSPS) is 22.9. The number of methoxy groups -OCH3 is 4. The minimum Gasteiger partial charge on any atom is -0.465 e. The fourth-order valence-electron chi connectivity index (χ4n) is 6.09. The van der Waals surface area contributed by atoms with E-state index in [1.165, 1.54) is 20.8 Å². The second-order valence-corrected chi connectivity index (χ2v) is 10.8. The standard InChI is InChI=1S/C32H30O16/c1-13(33)21-14(2)47-31(4)32(15(3)34,10-9-20-16(25(35)41-5)11-18(27(37)43-7)29(39)45-20)22(24(21)48-31)23-17(26(36)42-6)12-19(28(38)44-8)30(40)46-23/h9-12,22,24H,1-8H3. The Hall–Kier alpha value is -5.64. The second kappa shape index (κ2) is 12.9. The molecule has 2 aliphatic rings. The molecule has 0 amide bonds. The summed E-state index contributed by atoms with van der Waals surface area (Å²) in [5.41, 5.74) is -6.94. The van der Waals surface area contributed by atoms with E-state index >= 15 is 0 Å². The van der Waals surface area contributed by atoms with Crippen LogP contribution in [0.4, 0.5) is 0 Å². The summed E-state index contributed by atoms with van der Waals surface area (Å²) in [6.45, 7) is 5.11. The maximum absolute atomic E-state index is 14.0. The second-order valence-electron chi connectivity index (χ2n) is 10.8. The molecule has 2 aromatic rings. The summed E-state index contributed by atoms with van der Waals surface area (Å²) < 4.78 is 42.1. The molecular weight excluding hydrogens is 640 g/mol.